The van der Waals surface area contributed by atoms with E-state index in [1.807, 2.05) is 36.4 Å². The van der Waals surface area contributed by atoms with Gasteiger partial charge in [-0.05, 0) is 65.4 Å². The highest BCUT2D eigenvalue weighted by Crippen LogP contribution is 2.26. The fraction of sp³-hybridized carbons (Fsp3) is 0.0870. The summed E-state index contributed by atoms with van der Waals surface area (Å²) in [5, 5.41) is 0. The molecule has 3 aromatic rings. The average molecular weight is 381 g/mol. The maximum absolute atomic E-state index is 10.8. The van der Waals surface area contributed by atoms with Crippen molar-refractivity contribution in [2.45, 2.75) is 12.8 Å². The van der Waals surface area contributed by atoms with Crippen molar-refractivity contribution < 1.29 is 14.4 Å². The Morgan fingerprint density at radius 1 is 0.552 bits per heavy atom. The van der Waals surface area contributed by atoms with E-state index in [0.717, 1.165) is 22.3 Å². The van der Waals surface area contributed by atoms with Crippen molar-refractivity contribution >= 4 is 35.3 Å². The molecular weight excluding hydrogens is 366 g/mol. The van der Waals surface area contributed by atoms with Gasteiger partial charge in [0.2, 0.25) is 18.2 Å². The minimum atomic E-state index is 0.533. The summed E-state index contributed by atoms with van der Waals surface area (Å²) in [6, 6.07) is 20.2. The molecule has 0 aliphatic rings. The topological polar surface area (TPSA) is 88.3 Å². The quantitative estimate of drug-likeness (QED) is 0.436. The lowest BCUT2D eigenvalue weighted by atomic mass is 9.97. The molecule has 0 aliphatic carbocycles. The van der Waals surface area contributed by atoms with E-state index in [-0.39, 0.29) is 0 Å². The minimum absolute atomic E-state index is 0.533. The Hall–Kier alpha value is -4.20. The lowest BCUT2D eigenvalue weighted by Gasteiger charge is -2.09. The van der Waals surface area contributed by atoms with Crippen LogP contribution >= 0.6 is 0 Å². The number of aliphatic imine (C=N–C) groups is 3. The molecule has 0 saturated carbocycles. The van der Waals surface area contributed by atoms with E-state index >= 15 is 0 Å². The fourth-order valence-electron chi connectivity index (χ4n) is 2.99. The molecule has 0 spiro atoms. The predicted octanol–water partition coefficient (Wildman–Crippen LogP) is 4.77. The van der Waals surface area contributed by atoms with Crippen molar-refractivity contribution in [2.75, 3.05) is 0 Å². The monoisotopic (exact) mass is 381 g/mol. The molecule has 29 heavy (non-hydrogen) atoms. The normalized spacial score (nSPS) is 9.66. The number of benzene rings is 3. The molecule has 140 valence electrons. The first-order chi connectivity index (χ1) is 14.2. The van der Waals surface area contributed by atoms with Gasteiger partial charge in [-0.25, -0.2) is 14.4 Å². The van der Waals surface area contributed by atoms with Crippen LogP contribution in [-0.4, -0.2) is 18.2 Å². The highest BCUT2D eigenvalue weighted by atomic mass is 16.1. The molecule has 0 bridgehead atoms. The van der Waals surface area contributed by atoms with Gasteiger partial charge in [0.05, 0.1) is 17.1 Å². The minimum Gasteiger partial charge on any atom is -0.211 e. The Labute approximate surface area is 167 Å². The van der Waals surface area contributed by atoms with Crippen LogP contribution < -0.4 is 0 Å². The van der Waals surface area contributed by atoms with E-state index in [2.05, 4.69) is 15.0 Å². The highest BCUT2D eigenvalue weighted by Gasteiger charge is 2.07. The first-order valence-electron chi connectivity index (χ1n) is 8.75. The second-order valence-electron chi connectivity index (χ2n) is 6.26. The van der Waals surface area contributed by atoms with E-state index in [1.54, 1.807) is 36.4 Å². The Kier molecular flexibility index (Phi) is 6.51. The zero-order valence-electron chi connectivity index (χ0n) is 15.3. The Bertz CT molecular complexity index is 1150. The van der Waals surface area contributed by atoms with Gasteiger partial charge in [0.25, 0.3) is 0 Å². The molecule has 0 unspecified atom stereocenters. The van der Waals surface area contributed by atoms with Gasteiger partial charge in [-0.15, -0.1) is 0 Å². The Balaban J connectivity index is 1.85. The molecule has 6 heteroatoms. The zero-order valence-corrected chi connectivity index (χ0v) is 15.3. The van der Waals surface area contributed by atoms with Gasteiger partial charge in [0, 0.05) is 0 Å². The van der Waals surface area contributed by atoms with E-state index < -0.39 is 0 Å². The van der Waals surface area contributed by atoms with Crippen LogP contribution in [0.2, 0.25) is 0 Å². The molecule has 0 aliphatic heterocycles. The maximum atomic E-state index is 10.8. The summed E-state index contributed by atoms with van der Waals surface area (Å²) in [6.07, 6.45) is 5.87. The molecule has 0 amide bonds. The third kappa shape index (κ3) is 5.39. The van der Waals surface area contributed by atoms with Crippen molar-refractivity contribution in [3.63, 3.8) is 0 Å². The van der Waals surface area contributed by atoms with Crippen molar-refractivity contribution in [3.8, 4) is 0 Å². The van der Waals surface area contributed by atoms with E-state index in [1.165, 1.54) is 12.2 Å². The van der Waals surface area contributed by atoms with Crippen LogP contribution in [0.1, 0.15) is 22.3 Å². The Morgan fingerprint density at radius 3 is 1.55 bits per heavy atom. The number of carbonyl (C=O) groups excluding carboxylic acids is 3. The molecule has 0 saturated heterocycles. The third-order valence-corrected chi connectivity index (χ3v) is 4.33. The average Bonchev–Trinajstić information content (AvgIpc) is 2.73. The first-order valence-corrected chi connectivity index (χ1v) is 8.75. The van der Waals surface area contributed by atoms with Gasteiger partial charge in [-0.1, -0.05) is 36.4 Å². The molecule has 3 rings (SSSR count). The summed E-state index contributed by atoms with van der Waals surface area (Å²) in [6.45, 7) is 0. The summed E-state index contributed by atoms with van der Waals surface area (Å²) >= 11 is 0. The van der Waals surface area contributed by atoms with E-state index in [9.17, 15) is 14.4 Å². The van der Waals surface area contributed by atoms with Gasteiger partial charge in [-0.2, -0.15) is 15.0 Å². The van der Waals surface area contributed by atoms with Gasteiger partial charge in [0.15, 0.2) is 0 Å². The van der Waals surface area contributed by atoms with Gasteiger partial charge in [0.1, 0.15) is 0 Å². The van der Waals surface area contributed by atoms with Crippen LogP contribution in [0.25, 0.3) is 0 Å². The summed E-state index contributed by atoms with van der Waals surface area (Å²) in [5.41, 5.74) is 5.65. The third-order valence-electron chi connectivity index (χ3n) is 4.33. The molecule has 0 aromatic heterocycles. The van der Waals surface area contributed by atoms with Crippen molar-refractivity contribution in [1.82, 2.24) is 0 Å². The van der Waals surface area contributed by atoms with Crippen molar-refractivity contribution in [3.05, 3.63) is 89.0 Å². The highest BCUT2D eigenvalue weighted by molar-refractivity contribution is 5.57. The van der Waals surface area contributed by atoms with Crippen LogP contribution in [-0.2, 0) is 27.2 Å². The number of rotatable bonds is 7. The maximum Gasteiger partial charge on any atom is 0.240 e. The van der Waals surface area contributed by atoms with Crippen LogP contribution in [0, 0.1) is 0 Å². The molecule has 0 N–H and O–H groups in total. The summed E-state index contributed by atoms with van der Waals surface area (Å²) in [7, 11) is 0. The predicted molar refractivity (Wildman–Crippen MR) is 108 cm³/mol. The summed E-state index contributed by atoms with van der Waals surface area (Å²) in [4.78, 5) is 42.4. The van der Waals surface area contributed by atoms with Crippen molar-refractivity contribution in [1.29, 1.82) is 0 Å². The van der Waals surface area contributed by atoms with E-state index in [0.29, 0.717) is 29.9 Å². The summed E-state index contributed by atoms with van der Waals surface area (Å²) in [5.74, 6) is 0. The van der Waals surface area contributed by atoms with Gasteiger partial charge < -0.3 is 0 Å². The smallest absolute Gasteiger partial charge is 0.211 e. The van der Waals surface area contributed by atoms with Crippen LogP contribution in [0.4, 0.5) is 17.1 Å². The molecule has 0 radical (unpaired) electrons. The number of hydrogen-bond acceptors (Lipinski definition) is 6. The fourth-order valence-corrected chi connectivity index (χ4v) is 2.99. The number of isocyanates is 3. The van der Waals surface area contributed by atoms with Crippen LogP contribution in [0.5, 0.6) is 0 Å². The zero-order chi connectivity index (χ0) is 20.5. The summed E-state index contributed by atoms with van der Waals surface area (Å²) < 4.78 is 0. The number of nitrogens with zero attached hydrogens (tertiary/aromatic N) is 3. The molecule has 3 aromatic carbocycles. The Morgan fingerprint density at radius 2 is 1.03 bits per heavy atom. The lowest BCUT2D eigenvalue weighted by Crippen LogP contribution is -1.93. The van der Waals surface area contributed by atoms with Crippen molar-refractivity contribution in [2.24, 2.45) is 15.0 Å². The van der Waals surface area contributed by atoms with Gasteiger partial charge >= 0.3 is 0 Å². The van der Waals surface area contributed by atoms with Crippen LogP contribution in [0.3, 0.4) is 0 Å². The largest absolute Gasteiger partial charge is 0.240 e. The first kappa shape index (κ1) is 19.6. The number of hydrogen-bond donors (Lipinski definition) is 0. The second-order valence-corrected chi connectivity index (χ2v) is 6.26. The second kappa shape index (κ2) is 9.65. The molecule has 0 atom stereocenters. The molecule has 0 fully saturated rings. The molecule has 0 heterocycles. The van der Waals surface area contributed by atoms with Crippen LogP contribution in [0.15, 0.2) is 81.7 Å². The standard InChI is InChI=1S/C23H15N3O3/c27-14-24-21-6-1-17(2-7-21)11-19-5-10-23(26-16-29)20(13-19)12-18-3-8-22(9-4-18)25-15-28/h1-10,13H,11-12H2. The molecule has 6 nitrogen and oxygen atoms in total. The van der Waals surface area contributed by atoms with Gasteiger partial charge in [-0.3, -0.25) is 0 Å². The SMILES string of the molecule is O=C=Nc1ccc(Cc2ccc(N=C=O)c(Cc3ccc(N=C=O)cc3)c2)cc1. The van der Waals surface area contributed by atoms with E-state index in [4.69, 9.17) is 0 Å². The molecular formula is C23H15N3O3. The lowest BCUT2D eigenvalue weighted by molar-refractivity contribution is 0.564.